The van der Waals surface area contributed by atoms with Crippen molar-refractivity contribution in [1.29, 1.82) is 0 Å². The quantitative estimate of drug-likeness (QED) is 0.00904. The van der Waals surface area contributed by atoms with Crippen molar-refractivity contribution in [3.63, 3.8) is 0 Å². The van der Waals surface area contributed by atoms with Gasteiger partial charge in [-0.15, -0.1) is 12.8 Å². The lowest BCUT2D eigenvalue weighted by Gasteiger charge is -2.26. The maximum Gasteiger partial charge on any atom is 0.303 e. The van der Waals surface area contributed by atoms with Gasteiger partial charge in [-0.3, -0.25) is 102 Å². The second-order valence-corrected chi connectivity index (χ2v) is 26.3. The van der Waals surface area contributed by atoms with Crippen LogP contribution in [0.15, 0.2) is 54.6 Å². The maximum atomic E-state index is 13.3. The number of primary amides is 3. The number of nitrogens with two attached hydrogens (primary N) is 5. The highest BCUT2D eigenvalue weighted by molar-refractivity contribution is 6.05. The van der Waals surface area contributed by atoms with E-state index in [1.165, 1.54) is 24.0 Å². The predicted molar refractivity (Wildman–Crippen MR) is 412 cm³/mol. The third kappa shape index (κ3) is 34.4. The molecule has 48 nitrogen and oxygen atoms in total. The molecule has 3 aromatic carbocycles. The molecule has 48 heteroatoms. The smallest absolute Gasteiger partial charge is 0.303 e. The van der Waals surface area contributed by atoms with E-state index in [9.17, 15) is 102 Å². The molecule has 0 aliphatic carbocycles. The van der Waals surface area contributed by atoms with E-state index in [2.05, 4.69) is 87.0 Å². The molecule has 3 heterocycles. The molecule has 0 radical (unpaired) electrons. The van der Waals surface area contributed by atoms with Gasteiger partial charge in [-0.25, -0.2) is 9.78 Å². The first-order valence-electron chi connectivity index (χ1n) is 36.9. The van der Waals surface area contributed by atoms with Crippen LogP contribution in [0.25, 0.3) is 0 Å². The number of carbonyl (C=O) groups is 15. The minimum atomic E-state index is -1.46. The molecular formula is C73H92N18O30. The Balaban J connectivity index is 0.000000623. The molecule has 0 spiro atoms. The number of hydrogen-bond acceptors (Lipinski definition) is 28. The number of aliphatic carboxylic acids is 3. The lowest BCUT2D eigenvalue weighted by molar-refractivity contribution is -0.960. The van der Waals surface area contributed by atoms with E-state index in [1.807, 2.05) is 18.8 Å². The van der Waals surface area contributed by atoms with Crippen LogP contribution in [-0.2, 0) is 77.3 Å². The Morgan fingerprint density at radius 3 is 1.26 bits per heavy atom. The van der Waals surface area contributed by atoms with Gasteiger partial charge < -0.3 is 98.0 Å². The molecular weight excluding hydrogens is 1610 g/mol. The Morgan fingerprint density at radius 1 is 0.496 bits per heavy atom. The van der Waals surface area contributed by atoms with Crippen molar-refractivity contribution in [2.75, 3.05) is 31.6 Å². The lowest BCUT2D eigenvalue weighted by atomic mass is 10.0. The van der Waals surface area contributed by atoms with Gasteiger partial charge in [-0.05, 0) is 101 Å². The first-order valence-corrected chi connectivity index (χ1v) is 36.9. The van der Waals surface area contributed by atoms with E-state index in [0.717, 1.165) is 61.4 Å². The van der Waals surface area contributed by atoms with Gasteiger partial charge in [0.15, 0.2) is 12.2 Å². The molecule has 3 aromatic rings. The first kappa shape index (κ1) is 98.4. The molecule has 0 saturated carbocycles. The molecule has 0 saturated heterocycles. The van der Waals surface area contributed by atoms with Crippen LogP contribution in [0.5, 0.6) is 11.5 Å². The molecule has 6 rings (SSSR count). The van der Waals surface area contributed by atoms with Crippen molar-refractivity contribution in [2.45, 2.75) is 177 Å². The van der Waals surface area contributed by atoms with Gasteiger partial charge in [0.25, 0.3) is 34.8 Å². The van der Waals surface area contributed by atoms with Crippen LogP contribution in [0, 0.1) is 79.1 Å². The number of terminal acetylenes is 2. The minimum absolute atomic E-state index is 0. The highest BCUT2D eigenvalue weighted by Gasteiger charge is 2.38. The van der Waals surface area contributed by atoms with Gasteiger partial charge in [0.2, 0.25) is 53.2 Å². The molecule has 12 amide bonds. The van der Waals surface area contributed by atoms with Gasteiger partial charge in [0, 0.05) is 89.7 Å². The van der Waals surface area contributed by atoms with E-state index in [4.69, 9.17) is 64.8 Å². The summed E-state index contributed by atoms with van der Waals surface area (Å²) in [4.78, 5) is 238. The fraction of sp³-hybridized carbons (Fsp3) is 0.438. The van der Waals surface area contributed by atoms with Crippen LogP contribution in [0.2, 0.25) is 0 Å². The van der Waals surface area contributed by atoms with Gasteiger partial charge in [0.05, 0.1) is 31.5 Å². The Hall–Kier alpha value is -15.0. The number of quaternary nitrogens is 2. The molecule has 0 bridgehead atoms. The van der Waals surface area contributed by atoms with E-state index in [-0.39, 0.29) is 81.8 Å². The number of nitro benzene ring substituents is 3. The van der Waals surface area contributed by atoms with E-state index >= 15 is 0 Å². The molecule has 3 aliphatic heterocycles. The topological polar surface area (TPSA) is 733 Å². The number of rotatable bonds is 33. The van der Waals surface area contributed by atoms with E-state index in [1.54, 1.807) is 0 Å². The van der Waals surface area contributed by atoms with Crippen molar-refractivity contribution in [2.24, 2.45) is 17.2 Å². The summed E-state index contributed by atoms with van der Waals surface area (Å²) < 4.78 is 11.3. The van der Waals surface area contributed by atoms with Crippen molar-refractivity contribution in [3.05, 3.63) is 102 Å². The lowest BCUT2D eigenvalue weighted by Crippen LogP contribution is -2.83. The Labute approximate surface area is 689 Å². The average Bonchev–Trinajstić information content (AvgIpc) is 1.81. The zero-order valence-electron chi connectivity index (χ0n) is 66.9. The molecule has 0 aromatic heterocycles. The fourth-order valence-electron chi connectivity index (χ4n) is 11.1. The van der Waals surface area contributed by atoms with Crippen LogP contribution < -0.4 is 90.8 Å². The number of non-ortho nitro benzene ring substituents is 3. The third-order valence-electron chi connectivity index (χ3n) is 17.4. The number of hydroxylamine groups is 2. The van der Waals surface area contributed by atoms with E-state index < -0.39 is 207 Å². The number of carboxylic acid groups (broad SMARTS) is 3. The zero-order valence-corrected chi connectivity index (χ0v) is 64.9. The maximum absolute atomic E-state index is 13.3. The predicted octanol–water partition coefficient (Wildman–Crippen LogP) is -4.18. The molecule has 3 aliphatic rings. The number of benzene rings is 3. The van der Waals surface area contributed by atoms with Crippen LogP contribution in [0.1, 0.15) is 151 Å². The number of unbranched alkanes of at least 4 members (excludes halogenated alkanes) is 4. The summed E-state index contributed by atoms with van der Waals surface area (Å²) in [5.41, 5.74) is 16.7. The third-order valence-corrected chi connectivity index (χ3v) is 17.4. The summed E-state index contributed by atoms with van der Waals surface area (Å²) in [7, 11) is 0. The molecule has 0 fully saturated rings. The number of ether oxygens (including phenoxy) is 2. The normalized spacial score (nSPS) is 19.9. The minimum Gasteiger partial charge on any atom is -1.00 e. The summed E-state index contributed by atoms with van der Waals surface area (Å²) in [6.45, 7) is 3.27. The number of carboxylic acids is 3. The molecule has 121 heavy (non-hydrogen) atoms. The number of nitrogens with one attached hydrogen (secondary N) is 10. The van der Waals surface area contributed by atoms with Crippen LogP contribution in [-0.4, -0.2) is 206 Å². The first-order chi connectivity index (χ1) is 57.5. The van der Waals surface area contributed by atoms with Gasteiger partial charge in [0.1, 0.15) is 91.7 Å². The number of nitrogens with zero attached hydrogens (tertiary/aromatic N) is 3. The largest absolute Gasteiger partial charge is 1.00 e. The fourth-order valence-corrected chi connectivity index (χ4v) is 11.1. The highest BCUT2D eigenvalue weighted by Crippen LogP contribution is 2.29. The van der Waals surface area contributed by atoms with Crippen molar-refractivity contribution >= 4 is 112 Å². The number of nitro groups is 3. The summed E-state index contributed by atoms with van der Waals surface area (Å²) in [6.07, 6.45) is 14.5. The van der Waals surface area contributed by atoms with Gasteiger partial charge >= 0.3 is 17.9 Å². The number of amides is 12. The molecule has 3 unspecified atom stereocenters. The van der Waals surface area contributed by atoms with Crippen LogP contribution in [0.4, 0.5) is 22.7 Å². The number of carbonyl (C=O) groups excluding carboxylic acids is 12. The standard InChI is InChI=1S/C26H30N6O11.C25H28N6O11.C22H30N6O8.2H/c1-3-4-13-41-43-28-12-6-5-7-18-26(38)31-22(23(27)35)15(2)42-20-10-8-16(32(39)40)14-17(20)24(36)29-19(25(37)30-18)9-11-21(33)34;1-2-3-12-41-42-27-11-5-4-6-17-24(36)30-19(22(26)34)14-40-20-9-7-15(31(38)39)13-16(20)23(35)28-18(25(37)29-17)8-10-21(32)33;1-2-3-4-5-15-21(33)27-17(19(23)31)11-24-14-7-6-12(28(35)36)10-13(14)20(32)25-16(22(34)26-15)8-9-18(29)30;;/h1,8,10,14-15,18-19,22,28H,5-7,9,11-12H2,2H3,(H2,27,35)(H,29,36)(H,30,37)(H,31,38)(H,33,34);1,7,9,13,17-19,27H,4-6,8,10-11,14H2,(H2,26,34)(H,28,35)(H,29,37)(H,30,36)(H,32,33);6-7,10,15-17,24H,2-5,8-9,11H2,1H3,(H2,23,31)(H,25,32)(H,26,34)(H,27,33)(H,29,30);;/q;;;2*-1/p+2/t15?,18-,19-,22+;17-,18-,19?;15-,16-,17?;;/m000../s1. The monoisotopic (exact) mass is 1700 g/mol. The summed E-state index contributed by atoms with van der Waals surface area (Å²) in [5.74, 6) is -6.34. The molecule has 10 atom stereocenters. The number of fused-ring (bicyclic) bond motifs is 3. The van der Waals surface area contributed by atoms with E-state index in [0.29, 0.717) is 45.2 Å². The molecule has 654 valence electrons. The van der Waals surface area contributed by atoms with Crippen LogP contribution >= 0.6 is 0 Å². The summed E-state index contributed by atoms with van der Waals surface area (Å²) in [5, 5.41) is 86.0. The number of hydrogen-bond donors (Lipinski definition) is 18. The molecule has 23 N–H and O–H groups in total. The highest BCUT2D eigenvalue weighted by atomic mass is 17.3. The Morgan fingerprint density at radius 2 is 0.860 bits per heavy atom. The SMILES string of the molecule is C#CC#COO[NH2+]CCCC[C@@H]1NC(=O)[C@H](CCC(=O)O)NC(=O)c2cc([N+](=O)[O-])ccc2OC(C)[C@H](C(N)=O)NC1=O.C#CC#COO[NH2+]CCCC[C@@H]1NC(=O)[C@H](CCC(=O)O)NC(=O)c2cc([N+](=O)[O-])ccc2OCC(C(N)=O)NC1=O.CCCCC[C@@H]1NC(=O)[C@H](CCC(=O)O)NC(=O)c2cc([N+](=O)[O-])ccc2NCC(C(N)=O)NC1=O.[H-].[H-]. The van der Waals surface area contributed by atoms with Crippen molar-refractivity contribution < 1.29 is 145 Å². The summed E-state index contributed by atoms with van der Waals surface area (Å²) >= 11 is 0. The van der Waals surface area contributed by atoms with Gasteiger partial charge in [-0.2, -0.15) is 11.0 Å². The average molecular weight is 1700 g/mol. The number of anilines is 1. The Kier molecular flexibility index (Phi) is 41.6. The second-order valence-electron chi connectivity index (χ2n) is 26.3. The zero-order chi connectivity index (χ0) is 89.8. The van der Waals surface area contributed by atoms with Crippen LogP contribution in [0.3, 0.4) is 0 Å². The van der Waals surface area contributed by atoms with Gasteiger partial charge in [-0.1, -0.05) is 26.2 Å². The second kappa shape index (κ2) is 51.1. The Bertz CT molecular complexity index is 4560. The summed E-state index contributed by atoms with van der Waals surface area (Å²) in [6, 6.07) is -2.40. The van der Waals surface area contributed by atoms with Crippen molar-refractivity contribution in [3.8, 4) is 60.2 Å². The van der Waals surface area contributed by atoms with Crippen molar-refractivity contribution in [1.82, 2.24) is 47.9 Å².